The molecule has 26 heteroatoms. The number of aromatic hydroxyl groups is 2. The van der Waals surface area contributed by atoms with E-state index < -0.39 is 170 Å². The summed E-state index contributed by atoms with van der Waals surface area (Å²) >= 11 is 4.03. The SMILES string of the molecule is CCC(C)CC(C)CCCCCCCCC(=O)N[C@H]1C[C@@H](O)[C@@H](Sc2ccc(O)c(Br)c2)NC(=O)[C@@H]2[C@@H](O)CCN2C(=O)[C@H]([C@H](O)CC(N)=O)NC(=O)[C@H]([C@H](O)[C@@H](O)c2ccc(O)cc2)CC(=O)[C@@H]2C[C@@H](O)CN2C(=O)[C@H]([C@@H](C)O)NC1=O. The number of aliphatic hydroxyl groups excluding tert-OH is 7. The molecule has 5 rings (SSSR count). The topological polar surface area (TPSA) is 399 Å². The van der Waals surface area contributed by atoms with Gasteiger partial charge in [0.2, 0.25) is 41.4 Å². The molecule has 0 saturated carbocycles. The minimum absolute atomic E-state index is 0.0614. The predicted octanol–water partition coefficient (Wildman–Crippen LogP) is 1.02. The zero-order valence-corrected chi connectivity index (χ0v) is 49.8. The molecule has 3 aliphatic heterocycles. The van der Waals surface area contributed by atoms with Crippen LogP contribution < -0.4 is 27.0 Å². The number of carbonyl (C=O) groups excluding carboxylic acids is 8. The summed E-state index contributed by atoms with van der Waals surface area (Å²) in [6.07, 6.45) is -8.11. The lowest BCUT2D eigenvalue weighted by Gasteiger charge is -2.34. The fourth-order valence-corrected chi connectivity index (χ4v) is 12.5. The van der Waals surface area contributed by atoms with Crippen LogP contribution in [-0.2, 0) is 38.4 Å². The third-order valence-electron chi connectivity index (χ3n) is 15.8. The largest absolute Gasteiger partial charge is 0.508 e. The van der Waals surface area contributed by atoms with E-state index >= 15 is 0 Å². The standard InChI is InChI=1S/C57H84BrN7O17S/c1-5-29(2)22-30(3)12-10-8-6-7-9-11-13-46(75)60-38-26-44(73)55(83-35-18-19-40(69)37(58)24-35)63-54(80)49-41(70)20-21-64(49)57(82)48(43(72)27-45(59)74)62-52(78)36(51(77)50(76)32-14-16-33(67)17-15-32)25-42(71)39-23-34(68)28-65(39)56(81)47(31(4)66)61-53(38)79/h14-19,24,29-31,34,36,38-39,41,43-44,47-51,55,66-70,72-73,76-77H,5-13,20-23,25-28H2,1-4H3,(H2,59,74)(H,60,75)(H,61,79)(H,62,78)(H,63,80)/t29?,30?,31-,34-,36+,38+,39+,41+,43-,44-,47+,48+,49+,50+,51+,55-/m1/s1. The highest BCUT2D eigenvalue weighted by atomic mass is 79.9. The van der Waals surface area contributed by atoms with Crippen LogP contribution in [0.1, 0.15) is 136 Å². The fraction of sp³-hybridized carbons (Fsp3) is 0.649. The number of ketones is 1. The number of nitrogens with zero attached hydrogens (tertiary/aromatic N) is 2. The number of nitrogens with one attached hydrogen (secondary N) is 4. The van der Waals surface area contributed by atoms with Crippen molar-refractivity contribution in [3.63, 3.8) is 0 Å². The van der Waals surface area contributed by atoms with Crippen molar-refractivity contribution in [2.75, 3.05) is 13.1 Å². The van der Waals surface area contributed by atoms with Crippen molar-refractivity contribution in [1.29, 1.82) is 0 Å². The van der Waals surface area contributed by atoms with Gasteiger partial charge >= 0.3 is 0 Å². The van der Waals surface area contributed by atoms with Gasteiger partial charge in [-0.25, -0.2) is 0 Å². The molecule has 0 spiro atoms. The summed E-state index contributed by atoms with van der Waals surface area (Å²) < 4.78 is 0.195. The highest BCUT2D eigenvalue weighted by Crippen LogP contribution is 2.34. The first-order chi connectivity index (χ1) is 39.2. The monoisotopic (exact) mass is 1250 g/mol. The van der Waals surface area contributed by atoms with Gasteiger partial charge in [0, 0.05) is 43.7 Å². The first-order valence-corrected chi connectivity index (χ1v) is 30.2. The maximum absolute atomic E-state index is 14.8. The van der Waals surface area contributed by atoms with Crippen LogP contribution in [0.4, 0.5) is 0 Å². The molecule has 0 radical (unpaired) electrons. The van der Waals surface area contributed by atoms with Crippen LogP contribution in [0.2, 0.25) is 0 Å². The van der Waals surface area contributed by atoms with Gasteiger partial charge in [-0.15, -0.1) is 0 Å². The Kier molecular flexibility index (Phi) is 26.5. The Hall–Kier alpha value is -5.45. The maximum Gasteiger partial charge on any atom is 0.248 e. The molecular formula is C57H84BrN7O17S. The van der Waals surface area contributed by atoms with E-state index in [0.717, 1.165) is 79.1 Å². The third kappa shape index (κ3) is 19.5. The van der Waals surface area contributed by atoms with Crippen molar-refractivity contribution in [3.05, 3.63) is 52.5 Å². The van der Waals surface area contributed by atoms with E-state index in [1.807, 2.05) is 0 Å². The van der Waals surface area contributed by atoms with E-state index in [0.29, 0.717) is 29.6 Å². The summed E-state index contributed by atoms with van der Waals surface area (Å²) in [5.41, 5.74) is 5.35. The zero-order valence-electron chi connectivity index (χ0n) is 47.3. The molecule has 462 valence electrons. The summed E-state index contributed by atoms with van der Waals surface area (Å²) in [6, 6.07) is -0.446. The molecule has 3 aliphatic rings. The number of rotatable bonds is 22. The molecule has 2 aromatic rings. The molecule has 15 N–H and O–H groups in total. The second-order valence-corrected chi connectivity index (χ2v) is 24.7. The Morgan fingerprint density at radius 1 is 0.783 bits per heavy atom. The van der Waals surface area contributed by atoms with Gasteiger partial charge in [0.05, 0.1) is 59.5 Å². The molecule has 16 atom stereocenters. The van der Waals surface area contributed by atoms with Crippen LogP contribution in [0, 0.1) is 17.8 Å². The van der Waals surface area contributed by atoms with Crippen LogP contribution in [0.25, 0.3) is 0 Å². The Morgan fingerprint density at radius 3 is 2.06 bits per heavy atom. The Labute approximate surface area is 495 Å². The van der Waals surface area contributed by atoms with Crippen LogP contribution in [0.15, 0.2) is 51.8 Å². The van der Waals surface area contributed by atoms with Crippen molar-refractivity contribution < 1.29 is 84.3 Å². The molecule has 0 aromatic heterocycles. The minimum Gasteiger partial charge on any atom is -0.508 e. The average Bonchev–Trinajstić information content (AvgIpc) is 3.62. The number of phenols is 2. The van der Waals surface area contributed by atoms with Gasteiger partial charge in [0.25, 0.3) is 0 Å². The van der Waals surface area contributed by atoms with Gasteiger partial charge < -0.3 is 82.8 Å². The fourth-order valence-electron chi connectivity index (χ4n) is 10.9. The number of hydrogen-bond acceptors (Lipinski definition) is 18. The molecule has 3 fully saturated rings. The quantitative estimate of drug-likeness (QED) is 0.0732. The molecule has 2 unspecified atom stereocenters. The molecule has 83 heavy (non-hydrogen) atoms. The number of fused-ring (bicyclic) bond motifs is 2. The summed E-state index contributed by atoms with van der Waals surface area (Å²) in [4.78, 5) is 116. The summed E-state index contributed by atoms with van der Waals surface area (Å²) in [5, 5.41) is 109. The Bertz CT molecular complexity index is 2550. The number of benzene rings is 2. The Morgan fingerprint density at radius 2 is 1.42 bits per heavy atom. The lowest BCUT2D eigenvalue weighted by Crippen LogP contribution is -2.61. The van der Waals surface area contributed by atoms with Crippen LogP contribution >= 0.6 is 27.7 Å². The number of primary amides is 1. The number of hydrogen-bond donors (Lipinski definition) is 14. The van der Waals surface area contributed by atoms with Gasteiger partial charge in [-0.1, -0.05) is 89.6 Å². The molecule has 24 nitrogen and oxygen atoms in total. The number of thioether (sulfide) groups is 1. The van der Waals surface area contributed by atoms with E-state index in [1.54, 1.807) is 0 Å². The van der Waals surface area contributed by atoms with Gasteiger partial charge in [-0.3, -0.25) is 38.4 Å². The lowest BCUT2D eigenvalue weighted by atomic mass is 9.86. The number of phenolic OH excluding ortho intramolecular Hbond substituents is 2. The first-order valence-electron chi connectivity index (χ1n) is 28.5. The maximum atomic E-state index is 14.8. The number of amides is 7. The predicted molar refractivity (Wildman–Crippen MR) is 306 cm³/mol. The smallest absolute Gasteiger partial charge is 0.248 e. The molecule has 3 saturated heterocycles. The normalized spacial score (nSPS) is 27.4. The molecule has 7 amide bonds. The highest BCUT2D eigenvalue weighted by Gasteiger charge is 2.49. The summed E-state index contributed by atoms with van der Waals surface area (Å²) in [7, 11) is 0. The van der Waals surface area contributed by atoms with Crippen molar-refractivity contribution in [2.24, 2.45) is 23.5 Å². The van der Waals surface area contributed by atoms with Gasteiger partial charge in [0.1, 0.15) is 47.1 Å². The van der Waals surface area contributed by atoms with Gasteiger partial charge in [-0.2, -0.15) is 0 Å². The van der Waals surface area contributed by atoms with Crippen LogP contribution in [-0.4, -0.2) is 188 Å². The number of aliphatic hydroxyl groups is 7. The third-order valence-corrected chi connectivity index (χ3v) is 17.6. The number of Topliss-reactive ketones (excluding diaryl/α,β-unsaturated/α-hetero) is 1. The number of unbranched alkanes of at least 4 members (excludes halogenated alkanes) is 5. The van der Waals surface area contributed by atoms with Crippen LogP contribution in [0.3, 0.4) is 0 Å². The second kappa shape index (κ2) is 32.2. The van der Waals surface area contributed by atoms with Crippen molar-refractivity contribution in [1.82, 2.24) is 31.1 Å². The molecule has 0 aliphatic carbocycles. The van der Waals surface area contributed by atoms with E-state index in [-0.39, 0.29) is 34.4 Å². The van der Waals surface area contributed by atoms with Gasteiger partial charge in [0.15, 0.2) is 5.78 Å². The van der Waals surface area contributed by atoms with E-state index in [2.05, 4.69) is 58.0 Å². The first kappa shape index (κ1) is 68.3. The van der Waals surface area contributed by atoms with Crippen molar-refractivity contribution >= 4 is 74.8 Å². The van der Waals surface area contributed by atoms with E-state index in [9.17, 15) is 84.3 Å². The molecule has 2 aromatic carbocycles. The molecular weight excluding hydrogens is 1170 g/mol. The van der Waals surface area contributed by atoms with Crippen LogP contribution in [0.5, 0.6) is 11.5 Å². The number of carbonyl (C=O) groups is 8. The number of nitrogens with two attached hydrogens (primary N) is 1. The summed E-state index contributed by atoms with van der Waals surface area (Å²) in [6.45, 7) is 6.90. The molecule has 0 bridgehead atoms. The Balaban J connectivity index is 1.56. The second-order valence-electron chi connectivity index (χ2n) is 22.6. The summed E-state index contributed by atoms with van der Waals surface area (Å²) in [5.74, 6) is -10.0. The van der Waals surface area contributed by atoms with Gasteiger partial charge in [-0.05, 0) is 89.8 Å². The average molecular weight is 1250 g/mol. The lowest BCUT2D eigenvalue weighted by molar-refractivity contribution is -0.149. The highest BCUT2D eigenvalue weighted by molar-refractivity contribution is 9.10. The minimum atomic E-state index is -2.26. The molecule has 3 heterocycles. The van der Waals surface area contributed by atoms with Crippen molar-refractivity contribution in [3.8, 4) is 11.5 Å². The van der Waals surface area contributed by atoms with E-state index in [4.69, 9.17) is 5.73 Å². The van der Waals surface area contributed by atoms with E-state index in [1.165, 1.54) is 36.8 Å². The number of halogens is 1. The zero-order chi connectivity index (χ0) is 61.4. The van der Waals surface area contributed by atoms with Crippen molar-refractivity contribution in [2.45, 2.75) is 207 Å².